The van der Waals surface area contributed by atoms with Crippen molar-refractivity contribution in [3.8, 4) is 0 Å². The molecule has 2 aromatic heterocycles. The minimum atomic E-state index is -0.398. The minimum absolute atomic E-state index is 0.126. The van der Waals surface area contributed by atoms with Gasteiger partial charge in [-0.15, -0.1) is 11.3 Å². The van der Waals surface area contributed by atoms with E-state index in [9.17, 15) is 9.59 Å². The fraction of sp³-hybridized carbons (Fsp3) is 0.294. The van der Waals surface area contributed by atoms with E-state index in [2.05, 4.69) is 10.1 Å². The van der Waals surface area contributed by atoms with E-state index in [1.165, 1.54) is 16.0 Å². The van der Waals surface area contributed by atoms with Gasteiger partial charge in [-0.1, -0.05) is 30.3 Å². The number of rotatable bonds is 3. The van der Waals surface area contributed by atoms with Gasteiger partial charge in [0.15, 0.2) is 5.82 Å². The van der Waals surface area contributed by atoms with Crippen LogP contribution in [0.15, 0.2) is 46.0 Å². The van der Waals surface area contributed by atoms with Gasteiger partial charge in [-0.3, -0.25) is 9.36 Å². The summed E-state index contributed by atoms with van der Waals surface area (Å²) in [5.41, 5.74) is 2.88. The van der Waals surface area contributed by atoms with Gasteiger partial charge >= 0.3 is 5.69 Å². The fourth-order valence-corrected chi connectivity index (χ4v) is 3.73. The maximum Gasteiger partial charge on any atom is 0.346 e. The fourth-order valence-electron chi connectivity index (χ4n) is 3.20. The van der Waals surface area contributed by atoms with E-state index in [1.54, 1.807) is 20.4 Å². The Labute approximate surface area is 148 Å². The number of nitrogens with zero attached hydrogens (tertiary/aromatic N) is 5. The van der Waals surface area contributed by atoms with Crippen molar-refractivity contribution >= 4 is 17.2 Å². The lowest BCUT2D eigenvalue weighted by molar-refractivity contribution is 0.0652. The van der Waals surface area contributed by atoms with Crippen molar-refractivity contribution in [1.82, 2.24) is 24.2 Å². The van der Waals surface area contributed by atoms with Crippen molar-refractivity contribution in [3.05, 3.63) is 68.8 Å². The van der Waals surface area contributed by atoms with E-state index in [0.29, 0.717) is 31.2 Å². The normalized spacial score (nSPS) is 16.7. The van der Waals surface area contributed by atoms with E-state index in [4.69, 9.17) is 0 Å². The number of carbonyl (C=O) groups is 1. The van der Waals surface area contributed by atoms with Crippen LogP contribution in [-0.2, 0) is 13.1 Å². The van der Waals surface area contributed by atoms with E-state index in [-0.39, 0.29) is 11.6 Å². The molecule has 4 rings (SSSR count). The van der Waals surface area contributed by atoms with Crippen LogP contribution in [-0.4, -0.2) is 36.7 Å². The van der Waals surface area contributed by atoms with Crippen molar-refractivity contribution in [1.29, 1.82) is 0 Å². The summed E-state index contributed by atoms with van der Waals surface area (Å²) in [6.07, 6.45) is 0. The predicted octanol–water partition coefficient (Wildman–Crippen LogP) is 1.77. The molecule has 1 amide bonds. The van der Waals surface area contributed by atoms with Crippen LogP contribution in [0.1, 0.15) is 34.8 Å². The zero-order valence-corrected chi connectivity index (χ0v) is 14.5. The molecule has 0 saturated heterocycles. The van der Waals surface area contributed by atoms with Gasteiger partial charge in [-0.05, 0) is 12.5 Å². The van der Waals surface area contributed by atoms with Crippen LogP contribution in [0.3, 0.4) is 0 Å². The lowest BCUT2D eigenvalue weighted by atomic mass is 10.0. The second-order valence-corrected chi connectivity index (χ2v) is 6.51. The second-order valence-electron chi connectivity index (χ2n) is 5.79. The SMILES string of the molecule is CCn1nc2n(c1=O)CCN(C(=O)c1cscn1)C2c1ccccc1. The largest absolute Gasteiger partial charge is 0.346 e. The Bertz CT molecular complexity index is 945. The summed E-state index contributed by atoms with van der Waals surface area (Å²) in [6, 6.07) is 9.29. The highest BCUT2D eigenvalue weighted by atomic mass is 32.1. The molecule has 1 unspecified atom stereocenters. The maximum absolute atomic E-state index is 13.0. The third kappa shape index (κ3) is 2.58. The molecule has 7 nitrogen and oxygen atoms in total. The summed E-state index contributed by atoms with van der Waals surface area (Å²) in [5.74, 6) is 0.465. The summed E-state index contributed by atoms with van der Waals surface area (Å²) in [7, 11) is 0. The van der Waals surface area contributed by atoms with E-state index < -0.39 is 6.04 Å². The highest BCUT2D eigenvalue weighted by molar-refractivity contribution is 7.07. The summed E-state index contributed by atoms with van der Waals surface area (Å²) < 4.78 is 3.12. The molecule has 1 aliphatic rings. The molecule has 128 valence electrons. The van der Waals surface area contributed by atoms with Crippen LogP contribution >= 0.6 is 11.3 Å². The molecular weight excluding hydrogens is 338 g/mol. The first-order valence-electron chi connectivity index (χ1n) is 8.12. The van der Waals surface area contributed by atoms with Gasteiger partial charge in [0.05, 0.1) is 5.51 Å². The van der Waals surface area contributed by atoms with E-state index >= 15 is 0 Å². The topological polar surface area (TPSA) is 73.0 Å². The van der Waals surface area contributed by atoms with Gasteiger partial charge in [-0.25, -0.2) is 14.5 Å². The van der Waals surface area contributed by atoms with E-state index in [1.807, 2.05) is 37.3 Å². The van der Waals surface area contributed by atoms with Gasteiger partial charge < -0.3 is 4.90 Å². The van der Waals surface area contributed by atoms with Crippen LogP contribution < -0.4 is 5.69 Å². The first kappa shape index (κ1) is 15.8. The van der Waals surface area contributed by atoms with E-state index in [0.717, 1.165) is 5.56 Å². The highest BCUT2D eigenvalue weighted by Crippen LogP contribution is 2.31. The molecule has 0 fully saturated rings. The van der Waals surface area contributed by atoms with Crippen LogP contribution in [0.5, 0.6) is 0 Å². The van der Waals surface area contributed by atoms with Crippen molar-refractivity contribution in [2.24, 2.45) is 0 Å². The molecule has 0 bridgehead atoms. The average Bonchev–Trinajstić information content (AvgIpc) is 3.29. The number of fused-ring (bicyclic) bond motifs is 1. The van der Waals surface area contributed by atoms with Crippen LogP contribution in [0, 0.1) is 0 Å². The first-order chi connectivity index (χ1) is 12.2. The van der Waals surface area contributed by atoms with Crippen LogP contribution in [0.2, 0.25) is 0 Å². The van der Waals surface area contributed by atoms with Crippen molar-refractivity contribution in [3.63, 3.8) is 0 Å². The lowest BCUT2D eigenvalue weighted by Gasteiger charge is -2.35. The minimum Gasteiger partial charge on any atom is -0.321 e. The van der Waals surface area contributed by atoms with Gasteiger partial charge in [0.2, 0.25) is 0 Å². The Morgan fingerprint density at radius 2 is 2.08 bits per heavy atom. The molecule has 0 N–H and O–H groups in total. The Kier molecular flexibility index (Phi) is 3.96. The Morgan fingerprint density at radius 3 is 2.76 bits per heavy atom. The maximum atomic E-state index is 13.0. The smallest absolute Gasteiger partial charge is 0.321 e. The molecule has 0 aliphatic carbocycles. The van der Waals surface area contributed by atoms with Crippen molar-refractivity contribution < 1.29 is 4.79 Å². The lowest BCUT2D eigenvalue weighted by Crippen LogP contribution is -2.44. The predicted molar refractivity (Wildman–Crippen MR) is 93.6 cm³/mol. The summed E-state index contributed by atoms with van der Waals surface area (Å²) in [4.78, 5) is 31.3. The van der Waals surface area contributed by atoms with Crippen molar-refractivity contribution in [2.45, 2.75) is 26.1 Å². The Hall–Kier alpha value is -2.74. The molecule has 8 heteroatoms. The number of hydrogen-bond donors (Lipinski definition) is 0. The number of carbonyl (C=O) groups excluding carboxylic acids is 1. The van der Waals surface area contributed by atoms with Gasteiger partial charge in [0, 0.05) is 25.0 Å². The third-order valence-corrected chi connectivity index (χ3v) is 4.99. The summed E-state index contributed by atoms with van der Waals surface area (Å²) in [6.45, 7) is 3.27. The third-order valence-electron chi connectivity index (χ3n) is 4.40. The molecule has 0 saturated carbocycles. The molecule has 0 radical (unpaired) electrons. The molecule has 1 atom stereocenters. The molecular formula is C17H17N5O2S. The zero-order valence-electron chi connectivity index (χ0n) is 13.7. The van der Waals surface area contributed by atoms with Crippen LogP contribution in [0.4, 0.5) is 0 Å². The monoisotopic (exact) mass is 355 g/mol. The quantitative estimate of drug-likeness (QED) is 0.718. The number of thiazole rings is 1. The van der Waals surface area contributed by atoms with Gasteiger partial charge in [-0.2, -0.15) is 5.10 Å². The summed E-state index contributed by atoms with van der Waals surface area (Å²) >= 11 is 1.39. The standard InChI is InChI=1S/C17H17N5O2S/c1-2-22-17(24)21-9-8-20(16(23)13-10-25-11-18-13)14(15(21)19-22)12-6-4-3-5-7-12/h3-7,10-11,14H,2,8-9H2,1H3. The number of amides is 1. The van der Waals surface area contributed by atoms with Gasteiger partial charge in [0.25, 0.3) is 5.91 Å². The molecule has 1 aromatic carbocycles. The Morgan fingerprint density at radius 1 is 1.28 bits per heavy atom. The number of hydrogen-bond acceptors (Lipinski definition) is 5. The highest BCUT2D eigenvalue weighted by Gasteiger charge is 2.36. The molecule has 3 heterocycles. The molecule has 1 aliphatic heterocycles. The van der Waals surface area contributed by atoms with Crippen LogP contribution in [0.25, 0.3) is 0 Å². The number of aromatic nitrogens is 4. The molecule has 0 spiro atoms. The van der Waals surface area contributed by atoms with Crippen molar-refractivity contribution in [2.75, 3.05) is 6.54 Å². The number of benzene rings is 1. The molecule has 25 heavy (non-hydrogen) atoms. The molecule has 3 aromatic rings. The second kappa shape index (κ2) is 6.29. The van der Waals surface area contributed by atoms with Gasteiger partial charge in [0.1, 0.15) is 11.7 Å². The zero-order chi connectivity index (χ0) is 17.4. The average molecular weight is 355 g/mol. The summed E-state index contributed by atoms with van der Waals surface area (Å²) in [5, 5.41) is 6.24. The first-order valence-corrected chi connectivity index (χ1v) is 9.06. The number of aryl methyl sites for hydroxylation is 1. The Balaban J connectivity index is 1.85.